The fourth-order valence-corrected chi connectivity index (χ4v) is 1.93. The van der Waals surface area contributed by atoms with Gasteiger partial charge in [0.1, 0.15) is 0 Å². The van der Waals surface area contributed by atoms with E-state index in [4.69, 9.17) is 5.11 Å². The van der Waals surface area contributed by atoms with Gasteiger partial charge in [0.25, 0.3) is 5.69 Å². The average molecular weight is 346 g/mol. The van der Waals surface area contributed by atoms with Crippen molar-refractivity contribution in [2.24, 2.45) is 0 Å². The molecule has 1 aromatic rings. The van der Waals surface area contributed by atoms with Crippen LogP contribution in [0.1, 0.15) is 20.3 Å². The van der Waals surface area contributed by atoms with Gasteiger partial charge in [-0.05, 0) is 48.3 Å². The highest BCUT2D eigenvalue weighted by Gasteiger charge is 2.20. The molecule has 20 heavy (non-hydrogen) atoms. The first-order valence-corrected chi connectivity index (χ1v) is 6.68. The van der Waals surface area contributed by atoms with Gasteiger partial charge in [-0.3, -0.25) is 10.1 Å². The average Bonchev–Trinajstić information content (AvgIpc) is 2.30. The summed E-state index contributed by atoms with van der Waals surface area (Å²) in [6, 6.07) is 3.82. The Balaban J connectivity index is 2.76. The molecule has 1 aromatic carbocycles. The first-order chi connectivity index (χ1) is 9.25. The topological polar surface area (TPSA) is 104 Å². The van der Waals surface area contributed by atoms with Crippen LogP contribution in [0.2, 0.25) is 0 Å². The molecular formula is C12H16BrN3O4. The lowest BCUT2D eigenvalue weighted by Crippen LogP contribution is -2.46. The molecule has 0 saturated heterocycles. The first-order valence-electron chi connectivity index (χ1n) is 5.89. The molecule has 0 aliphatic heterocycles. The van der Waals surface area contributed by atoms with Gasteiger partial charge >= 0.3 is 6.03 Å². The van der Waals surface area contributed by atoms with Crippen LogP contribution in [0.15, 0.2) is 22.7 Å². The molecule has 0 saturated carbocycles. The molecule has 7 nitrogen and oxygen atoms in total. The number of carbonyl (C=O) groups excluding carboxylic acids is 1. The van der Waals surface area contributed by atoms with E-state index in [0.29, 0.717) is 16.6 Å². The van der Waals surface area contributed by atoms with E-state index in [0.717, 1.165) is 0 Å². The summed E-state index contributed by atoms with van der Waals surface area (Å²) in [5.74, 6) is 0. The van der Waals surface area contributed by atoms with Gasteiger partial charge in [-0.1, -0.05) is 0 Å². The number of halogens is 1. The Bertz CT molecular complexity index is 519. The van der Waals surface area contributed by atoms with Crippen LogP contribution in [0.5, 0.6) is 0 Å². The smallest absolute Gasteiger partial charge is 0.319 e. The quantitative estimate of drug-likeness (QED) is 0.563. The fourth-order valence-electron chi connectivity index (χ4n) is 1.54. The minimum atomic E-state index is -0.569. The summed E-state index contributed by atoms with van der Waals surface area (Å²) in [6.45, 7) is 3.50. The number of urea groups is 1. The second kappa shape index (κ2) is 6.67. The van der Waals surface area contributed by atoms with Crippen LogP contribution >= 0.6 is 15.9 Å². The molecule has 1 rings (SSSR count). The van der Waals surface area contributed by atoms with Crippen LogP contribution in [-0.4, -0.2) is 28.2 Å². The summed E-state index contributed by atoms with van der Waals surface area (Å²) in [5, 5.41) is 24.9. The normalized spacial score (nSPS) is 11.0. The Morgan fingerprint density at radius 3 is 2.70 bits per heavy atom. The summed E-state index contributed by atoms with van der Waals surface area (Å²) < 4.78 is 0.342. The van der Waals surface area contributed by atoms with Gasteiger partial charge in [-0.2, -0.15) is 0 Å². The molecule has 0 aliphatic rings. The number of carbonyl (C=O) groups is 1. The molecule has 0 aliphatic carbocycles. The number of hydrogen-bond acceptors (Lipinski definition) is 4. The van der Waals surface area contributed by atoms with E-state index in [1.807, 2.05) is 0 Å². The number of nitro groups is 1. The number of hydrogen-bond donors (Lipinski definition) is 3. The maximum Gasteiger partial charge on any atom is 0.319 e. The maximum atomic E-state index is 11.8. The molecule has 3 N–H and O–H groups in total. The van der Waals surface area contributed by atoms with E-state index >= 15 is 0 Å². The third kappa shape index (κ3) is 4.78. The SMILES string of the molecule is CC(C)(CCO)NC(=O)Nc1ccc(Br)c([N+](=O)[O-])c1. The molecule has 0 spiro atoms. The third-order valence-electron chi connectivity index (χ3n) is 2.59. The van der Waals surface area contributed by atoms with Crippen LogP contribution < -0.4 is 10.6 Å². The number of aliphatic hydroxyl groups excluding tert-OH is 1. The molecule has 0 aromatic heterocycles. The molecule has 0 unspecified atom stereocenters. The van der Waals surface area contributed by atoms with Crippen LogP contribution in [-0.2, 0) is 0 Å². The van der Waals surface area contributed by atoms with E-state index in [9.17, 15) is 14.9 Å². The highest BCUT2D eigenvalue weighted by molar-refractivity contribution is 9.10. The van der Waals surface area contributed by atoms with Gasteiger partial charge in [-0.15, -0.1) is 0 Å². The Morgan fingerprint density at radius 1 is 1.50 bits per heavy atom. The van der Waals surface area contributed by atoms with Crippen molar-refractivity contribution in [1.82, 2.24) is 5.32 Å². The molecule has 2 amide bonds. The number of anilines is 1. The van der Waals surface area contributed by atoms with E-state index in [2.05, 4.69) is 26.6 Å². The largest absolute Gasteiger partial charge is 0.396 e. The number of nitrogens with zero attached hydrogens (tertiary/aromatic N) is 1. The Kier molecular flexibility index (Phi) is 5.46. The van der Waals surface area contributed by atoms with Gasteiger partial charge in [0.2, 0.25) is 0 Å². The number of amides is 2. The van der Waals surface area contributed by atoms with Crippen molar-refractivity contribution in [3.63, 3.8) is 0 Å². The van der Waals surface area contributed by atoms with Crippen molar-refractivity contribution < 1.29 is 14.8 Å². The zero-order chi connectivity index (χ0) is 15.3. The van der Waals surface area contributed by atoms with Crippen LogP contribution in [0.4, 0.5) is 16.2 Å². The van der Waals surface area contributed by atoms with Crippen molar-refractivity contribution in [2.75, 3.05) is 11.9 Å². The van der Waals surface area contributed by atoms with E-state index in [1.54, 1.807) is 19.9 Å². The van der Waals surface area contributed by atoms with Crippen molar-refractivity contribution >= 4 is 33.3 Å². The van der Waals surface area contributed by atoms with Gasteiger partial charge in [0.05, 0.1) is 9.40 Å². The monoisotopic (exact) mass is 345 g/mol. The lowest BCUT2D eigenvalue weighted by atomic mass is 10.0. The van der Waals surface area contributed by atoms with Gasteiger partial charge in [0, 0.05) is 23.9 Å². The van der Waals surface area contributed by atoms with Gasteiger partial charge in [0.15, 0.2) is 0 Å². The number of nitro benzene ring substituents is 1. The molecular weight excluding hydrogens is 330 g/mol. The summed E-state index contributed by atoms with van der Waals surface area (Å²) in [6.07, 6.45) is 0.404. The zero-order valence-electron chi connectivity index (χ0n) is 11.1. The highest BCUT2D eigenvalue weighted by Crippen LogP contribution is 2.27. The molecule has 0 fully saturated rings. The number of benzene rings is 1. The summed E-state index contributed by atoms with van der Waals surface area (Å²) in [7, 11) is 0. The Morgan fingerprint density at radius 2 is 2.15 bits per heavy atom. The summed E-state index contributed by atoms with van der Waals surface area (Å²) in [5.41, 5.74) is -0.380. The predicted molar refractivity (Wildman–Crippen MR) is 78.7 cm³/mol. The van der Waals surface area contributed by atoms with Crippen LogP contribution in [0.25, 0.3) is 0 Å². The molecule has 8 heteroatoms. The Hall–Kier alpha value is -1.67. The van der Waals surface area contributed by atoms with Crippen molar-refractivity contribution in [1.29, 1.82) is 0 Å². The molecule has 0 radical (unpaired) electrons. The standard InChI is InChI=1S/C12H16BrN3O4/c1-12(2,5-6-17)15-11(18)14-8-3-4-9(13)10(7-8)16(19)20/h3-4,7,17H,5-6H2,1-2H3,(H2,14,15,18). The van der Waals surface area contributed by atoms with Crippen molar-refractivity contribution in [3.05, 3.63) is 32.8 Å². The van der Waals surface area contributed by atoms with Gasteiger partial charge < -0.3 is 15.7 Å². The maximum absolute atomic E-state index is 11.8. The van der Waals surface area contributed by atoms with E-state index in [1.165, 1.54) is 12.1 Å². The second-order valence-corrected chi connectivity index (χ2v) is 5.71. The van der Waals surface area contributed by atoms with Crippen LogP contribution in [0.3, 0.4) is 0 Å². The second-order valence-electron chi connectivity index (χ2n) is 4.86. The summed E-state index contributed by atoms with van der Waals surface area (Å²) >= 11 is 3.07. The van der Waals surface area contributed by atoms with Crippen molar-refractivity contribution in [3.8, 4) is 0 Å². The molecule has 0 atom stereocenters. The molecule has 110 valence electrons. The van der Waals surface area contributed by atoms with E-state index < -0.39 is 16.5 Å². The predicted octanol–water partition coefficient (Wildman–Crippen LogP) is 2.64. The number of aliphatic hydroxyl groups is 1. The minimum absolute atomic E-state index is 0.0446. The first kappa shape index (κ1) is 16.4. The fraction of sp³-hybridized carbons (Fsp3) is 0.417. The van der Waals surface area contributed by atoms with Gasteiger partial charge in [-0.25, -0.2) is 4.79 Å². The lowest BCUT2D eigenvalue weighted by molar-refractivity contribution is -0.385. The zero-order valence-corrected chi connectivity index (χ0v) is 12.7. The molecule has 0 bridgehead atoms. The lowest BCUT2D eigenvalue weighted by Gasteiger charge is -2.25. The minimum Gasteiger partial charge on any atom is -0.396 e. The van der Waals surface area contributed by atoms with Crippen LogP contribution in [0, 0.1) is 10.1 Å². The third-order valence-corrected chi connectivity index (χ3v) is 3.26. The molecule has 0 heterocycles. The summed E-state index contributed by atoms with van der Waals surface area (Å²) in [4.78, 5) is 22.0. The highest BCUT2D eigenvalue weighted by atomic mass is 79.9. The van der Waals surface area contributed by atoms with E-state index in [-0.39, 0.29) is 12.3 Å². The van der Waals surface area contributed by atoms with Crippen molar-refractivity contribution in [2.45, 2.75) is 25.8 Å². The number of rotatable bonds is 5. The number of nitrogens with one attached hydrogen (secondary N) is 2. The Labute approximate surface area is 124 Å².